The molecule has 4 rings (SSSR count). The van der Waals surface area contributed by atoms with Crippen molar-refractivity contribution in [2.75, 3.05) is 25.7 Å². The van der Waals surface area contributed by atoms with E-state index < -0.39 is 5.97 Å². The van der Waals surface area contributed by atoms with Gasteiger partial charge >= 0.3 is 5.97 Å². The number of methoxy groups -OCH3 is 2. The van der Waals surface area contributed by atoms with Gasteiger partial charge in [-0.05, 0) is 12.8 Å². The Labute approximate surface area is 157 Å². The van der Waals surface area contributed by atoms with Crippen LogP contribution in [0.25, 0.3) is 0 Å². The van der Waals surface area contributed by atoms with Gasteiger partial charge in [-0.1, -0.05) is 0 Å². The first kappa shape index (κ1) is 17.9. The van der Waals surface area contributed by atoms with Crippen molar-refractivity contribution in [3.63, 3.8) is 0 Å². The highest BCUT2D eigenvalue weighted by Crippen LogP contribution is 2.36. The Morgan fingerprint density at radius 2 is 2.19 bits per heavy atom. The molecule has 0 saturated heterocycles. The van der Waals surface area contributed by atoms with E-state index in [1.165, 1.54) is 7.11 Å². The molecule has 3 N–H and O–H groups in total. The van der Waals surface area contributed by atoms with Gasteiger partial charge in [-0.15, -0.1) is 0 Å². The number of nitrogens with two attached hydrogens (primary N) is 1. The molecular weight excluding hydrogens is 348 g/mol. The van der Waals surface area contributed by atoms with Gasteiger partial charge in [0.25, 0.3) is 0 Å². The standard InChI is InChI=1S/C18H24N6O3/c1-26-9-15-20-14(10-5-11(19)6-10)7-16(21-15)24-4-3-13-12(8-24)17(23-22-13)18(25)27-2/h7,10-11H,3-6,8-9,19H2,1-2H3,(H,22,23). The molecule has 0 amide bonds. The molecule has 2 aliphatic rings. The number of aromatic nitrogens is 4. The summed E-state index contributed by atoms with van der Waals surface area (Å²) < 4.78 is 10.1. The summed E-state index contributed by atoms with van der Waals surface area (Å²) in [5.41, 5.74) is 9.15. The maximum Gasteiger partial charge on any atom is 0.358 e. The van der Waals surface area contributed by atoms with E-state index in [0.29, 0.717) is 30.6 Å². The maximum absolute atomic E-state index is 12.0. The lowest BCUT2D eigenvalue weighted by atomic mass is 9.78. The molecule has 9 heteroatoms. The molecule has 9 nitrogen and oxygen atoms in total. The van der Waals surface area contributed by atoms with Crippen molar-refractivity contribution in [3.8, 4) is 0 Å². The SMILES string of the molecule is COCc1nc(C2CC(N)C2)cc(N2CCc3[nH]nc(C(=O)OC)c3C2)n1. The van der Waals surface area contributed by atoms with Gasteiger partial charge in [0.15, 0.2) is 11.5 Å². The van der Waals surface area contributed by atoms with Crippen molar-refractivity contribution in [2.45, 2.75) is 44.4 Å². The predicted octanol–water partition coefficient (Wildman–Crippen LogP) is 0.900. The third kappa shape index (κ3) is 3.40. The molecule has 0 unspecified atom stereocenters. The highest BCUT2D eigenvalue weighted by molar-refractivity contribution is 5.89. The molecule has 144 valence electrons. The van der Waals surface area contributed by atoms with Crippen LogP contribution in [0.3, 0.4) is 0 Å². The van der Waals surface area contributed by atoms with Gasteiger partial charge in [-0.25, -0.2) is 14.8 Å². The molecule has 0 bridgehead atoms. The van der Waals surface area contributed by atoms with E-state index >= 15 is 0 Å². The van der Waals surface area contributed by atoms with Crippen LogP contribution in [0.15, 0.2) is 6.07 Å². The molecule has 3 heterocycles. The zero-order valence-electron chi connectivity index (χ0n) is 15.6. The third-order valence-electron chi connectivity index (χ3n) is 5.28. The molecule has 1 aliphatic carbocycles. The number of fused-ring (bicyclic) bond motifs is 1. The summed E-state index contributed by atoms with van der Waals surface area (Å²) in [6.45, 7) is 1.68. The maximum atomic E-state index is 12.0. The van der Waals surface area contributed by atoms with Crippen LogP contribution in [0.4, 0.5) is 5.82 Å². The van der Waals surface area contributed by atoms with Crippen LogP contribution in [0.5, 0.6) is 0 Å². The Kier molecular flexibility index (Phi) is 4.79. The Morgan fingerprint density at radius 3 is 2.89 bits per heavy atom. The van der Waals surface area contributed by atoms with Gasteiger partial charge in [0, 0.05) is 61.6 Å². The van der Waals surface area contributed by atoms with Crippen LogP contribution in [-0.4, -0.2) is 52.9 Å². The summed E-state index contributed by atoms with van der Waals surface area (Å²) in [5, 5.41) is 7.08. The Hall–Kier alpha value is -2.52. The zero-order chi connectivity index (χ0) is 19.0. The third-order valence-corrected chi connectivity index (χ3v) is 5.28. The minimum atomic E-state index is -0.429. The lowest BCUT2D eigenvalue weighted by Gasteiger charge is -2.33. The average Bonchev–Trinajstić information content (AvgIpc) is 3.08. The highest BCUT2D eigenvalue weighted by Gasteiger charge is 2.31. The van der Waals surface area contributed by atoms with Gasteiger partial charge < -0.3 is 20.1 Å². The summed E-state index contributed by atoms with van der Waals surface area (Å²) in [4.78, 5) is 23.4. The first-order chi connectivity index (χ1) is 13.1. The number of carbonyl (C=O) groups excluding carboxylic acids is 1. The van der Waals surface area contributed by atoms with E-state index in [9.17, 15) is 4.79 Å². The monoisotopic (exact) mass is 372 g/mol. The quantitative estimate of drug-likeness (QED) is 0.743. The number of esters is 1. The highest BCUT2D eigenvalue weighted by atomic mass is 16.5. The summed E-state index contributed by atoms with van der Waals surface area (Å²) in [6.07, 6.45) is 2.65. The summed E-state index contributed by atoms with van der Waals surface area (Å²) >= 11 is 0. The molecule has 1 saturated carbocycles. The van der Waals surface area contributed by atoms with Crippen LogP contribution in [0, 0.1) is 0 Å². The van der Waals surface area contributed by atoms with Crippen LogP contribution in [0.2, 0.25) is 0 Å². The van der Waals surface area contributed by atoms with E-state index in [2.05, 4.69) is 25.1 Å². The van der Waals surface area contributed by atoms with Crippen molar-refractivity contribution in [1.82, 2.24) is 20.2 Å². The lowest BCUT2D eigenvalue weighted by Crippen LogP contribution is -2.36. The van der Waals surface area contributed by atoms with E-state index in [-0.39, 0.29) is 6.04 Å². The molecule has 0 aromatic carbocycles. The van der Waals surface area contributed by atoms with Crippen LogP contribution in [-0.2, 0) is 29.0 Å². The normalized spacial score (nSPS) is 21.5. The number of ether oxygens (including phenoxy) is 2. The first-order valence-corrected chi connectivity index (χ1v) is 9.10. The van der Waals surface area contributed by atoms with Gasteiger partial charge in [-0.2, -0.15) is 5.10 Å². The number of nitrogens with zero attached hydrogens (tertiary/aromatic N) is 4. The van der Waals surface area contributed by atoms with Crippen molar-refractivity contribution >= 4 is 11.8 Å². The summed E-state index contributed by atoms with van der Waals surface area (Å²) in [7, 11) is 3.00. The molecule has 2 aromatic rings. The van der Waals surface area contributed by atoms with Crippen molar-refractivity contribution in [2.24, 2.45) is 5.73 Å². The minimum absolute atomic E-state index is 0.255. The average molecular weight is 372 g/mol. The molecular formula is C18H24N6O3. The molecule has 27 heavy (non-hydrogen) atoms. The molecule has 0 spiro atoms. The second kappa shape index (κ2) is 7.24. The number of anilines is 1. The fourth-order valence-electron chi connectivity index (χ4n) is 3.73. The van der Waals surface area contributed by atoms with Gasteiger partial charge in [0.05, 0.1) is 7.11 Å². The second-order valence-corrected chi connectivity index (χ2v) is 7.12. The minimum Gasteiger partial charge on any atom is -0.464 e. The largest absolute Gasteiger partial charge is 0.464 e. The number of aromatic amines is 1. The number of rotatable bonds is 5. The van der Waals surface area contributed by atoms with Crippen LogP contribution >= 0.6 is 0 Å². The Balaban J connectivity index is 1.63. The topological polar surface area (TPSA) is 119 Å². The van der Waals surface area contributed by atoms with E-state index in [1.807, 2.05) is 6.07 Å². The van der Waals surface area contributed by atoms with Gasteiger partial charge in [0.2, 0.25) is 0 Å². The molecule has 0 atom stereocenters. The van der Waals surface area contributed by atoms with Gasteiger partial charge in [-0.3, -0.25) is 5.10 Å². The van der Waals surface area contributed by atoms with Crippen molar-refractivity contribution in [1.29, 1.82) is 0 Å². The fourth-order valence-corrected chi connectivity index (χ4v) is 3.73. The molecule has 2 aromatic heterocycles. The molecule has 1 fully saturated rings. The number of H-pyrrole nitrogens is 1. The van der Waals surface area contributed by atoms with E-state index in [1.54, 1.807) is 7.11 Å². The Morgan fingerprint density at radius 1 is 1.37 bits per heavy atom. The zero-order valence-corrected chi connectivity index (χ0v) is 15.6. The van der Waals surface area contributed by atoms with E-state index in [4.69, 9.17) is 15.2 Å². The van der Waals surface area contributed by atoms with Crippen LogP contribution < -0.4 is 10.6 Å². The van der Waals surface area contributed by atoms with Crippen LogP contribution in [0.1, 0.15) is 52.0 Å². The number of hydrogen-bond donors (Lipinski definition) is 2. The number of carbonyl (C=O) groups is 1. The fraction of sp³-hybridized carbons (Fsp3) is 0.556. The van der Waals surface area contributed by atoms with Gasteiger partial charge in [0.1, 0.15) is 12.4 Å². The second-order valence-electron chi connectivity index (χ2n) is 7.12. The first-order valence-electron chi connectivity index (χ1n) is 9.10. The Bertz CT molecular complexity index is 846. The predicted molar refractivity (Wildman–Crippen MR) is 97.4 cm³/mol. The number of nitrogens with one attached hydrogen (secondary N) is 1. The number of hydrogen-bond acceptors (Lipinski definition) is 8. The lowest BCUT2D eigenvalue weighted by molar-refractivity contribution is 0.0592. The molecule has 0 radical (unpaired) electrons. The van der Waals surface area contributed by atoms with Crippen molar-refractivity contribution < 1.29 is 14.3 Å². The molecule has 1 aliphatic heterocycles. The smallest absolute Gasteiger partial charge is 0.358 e. The van der Waals surface area contributed by atoms with E-state index in [0.717, 1.165) is 48.6 Å². The van der Waals surface area contributed by atoms with Crippen molar-refractivity contribution in [3.05, 3.63) is 34.5 Å². The summed E-state index contributed by atoms with van der Waals surface area (Å²) in [5.74, 6) is 1.45. The summed E-state index contributed by atoms with van der Waals surface area (Å²) in [6, 6.07) is 2.30.